The first-order valence-electron chi connectivity index (χ1n) is 7.24. The summed E-state index contributed by atoms with van der Waals surface area (Å²) in [6, 6.07) is 3.96. The molecule has 1 amide bonds. The number of nitrogens with one attached hydrogen (secondary N) is 1. The third-order valence-electron chi connectivity index (χ3n) is 3.73. The van der Waals surface area contributed by atoms with Crippen molar-refractivity contribution in [1.29, 1.82) is 0 Å². The fourth-order valence-corrected chi connectivity index (χ4v) is 2.62. The Morgan fingerprint density at radius 3 is 2.76 bits per heavy atom. The number of carbonyl (C=O) groups excluding carboxylic acids is 1. The number of carboxylic acid groups (broad SMARTS) is 1. The molecule has 7 nitrogen and oxygen atoms in total. The van der Waals surface area contributed by atoms with Crippen molar-refractivity contribution in [3.05, 3.63) is 30.0 Å². The first-order chi connectivity index (χ1) is 11.7. The van der Waals surface area contributed by atoms with E-state index in [1.165, 1.54) is 12.1 Å². The summed E-state index contributed by atoms with van der Waals surface area (Å²) in [6.45, 7) is 0.192. The van der Waals surface area contributed by atoms with Crippen LogP contribution < -0.4 is 4.74 Å². The summed E-state index contributed by atoms with van der Waals surface area (Å²) in [5.74, 6) is -2.18. The molecule has 2 N–H and O–H groups in total. The van der Waals surface area contributed by atoms with Gasteiger partial charge < -0.3 is 24.5 Å². The Kier molecular flexibility index (Phi) is 4.29. The van der Waals surface area contributed by atoms with Crippen LogP contribution in [0.5, 0.6) is 5.75 Å². The molecular weight excluding hydrogens is 345 g/mol. The van der Waals surface area contributed by atoms with E-state index in [2.05, 4.69) is 9.72 Å². The van der Waals surface area contributed by atoms with Crippen LogP contribution in [0.3, 0.4) is 0 Å². The number of alkyl halides is 3. The van der Waals surface area contributed by atoms with E-state index in [9.17, 15) is 27.9 Å². The van der Waals surface area contributed by atoms with Gasteiger partial charge in [-0.25, -0.2) is 4.79 Å². The van der Waals surface area contributed by atoms with Crippen molar-refractivity contribution in [1.82, 2.24) is 9.88 Å². The highest BCUT2D eigenvalue weighted by atomic mass is 19.4. The molecule has 2 aromatic rings. The summed E-state index contributed by atoms with van der Waals surface area (Å²) >= 11 is 0. The van der Waals surface area contributed by atoms with Crippen LogP contribution >= 0.6 is 0 Å². The van der Waals surface area contributed by atoms with Gasteiger partial charge in [0, 0.05) is 23.5 Å². The van der Waals surface area contributed by atoms with Gasteiger partial charge in [-0.2, -0.15) is 0 Å². The maximum atomic E-state index is 12.6. The molecule has 134 valence electrons. The van der Waals surface area contributed by atoms with E-state index in [1.807, 2.05) is 0 Å². The zero-order valence-corrected chi connectivity index (χ0v) is 12.7. The van der Waals surface area contributed by atoms with Crippen LogP contribution in [0, 0.1) is 0 Å². The maximum absolute atomic E-state index is 12.6. The van der Waals surface area contributed by atoms with Crippen LogP contribution in [0.2, 0.25) is 0 Å². The van der Waals surface area contributed by atoms with Gasteiger partial charge in [0.2, 0.25) is 0 Å². The van der Waals surface area contributed by atoms with E-state index < -0.39 is 30.0 Å². The number of fused-ring (bicyclic) bond motifs is 1. The second-order valence-electron chi connectivity index (χ2n) is 5.41. The number of carboxylic acids is 1. The van der Waals surface area contributed by atoms with Crippen molar-refractivity contribution >= 4 is 22.8 Å². The molecule has 0 spiro atoms. The molecule has 3 rings (SSSR count). The second-order valence-corrected chi connectivity index (χ2v) is 5.41. The monoisotopic (exact) mass is 358 g/mol. The molecule has 0 radical (unpaired) electrons. The lowest BCUT2D eigenvalue weighted by molar-refractivity contribution is -0.274. The van der Waals surface area contributed by atoms with E-state index in [1.54, 1.807) is 0 Å². The Morgan fingerprint density at radius 2 is 2.08 bits per heavy atom. The van der Waals surface area contributed by atoms with Gasteiger partial charge in [0.05, 0.1) is 13.2 Å². The molecule has 0 unspecified atom stereocenters. The number of benzene rings is 1. The maximum Gasteiger partial charge on any atom is 0.573 e. The van der Waals surface area contributed by atoms with Crippen molar-refractivity contribution in [3.63, 3.8) is 0 Å². The number of amides is 1. The lowest BCUT2D eigenvalue weighted by Crippen LogP contribution is -2.52. The molecule has 2 heterocycles. The fraction of sp³-hybridized carbons (Fsp3) is 0.333. The van der Waals surface area contributed by atoms with E-state index in [-0.39, 0.29) is 31.0 Å². The second kappa shape index (κ2) is 6.28. The average molecular weight is 358 g/mol. The predicted octanol–water partition coefficient (Wildman–Crippen LogP) is 1.99. The quantitative estimate of drug-likeness (QED) is 0.876. The predicted molar refractivity (Wildman–Crippen MR) is 78.3 cm³/mol. The largest absolute Gasteiger partial charge is 0.573 e. The van der Waals surface area contributed by atoms with Crippen LogP contribution in [-0.4, -0.2) is 59.0 Å². The summed E-state index contributed by atoms with van der Waals surface area (Å²) in [7, 11) is 0. The molecule has 0 bridgehead atoms. The van der Waals surface area contributed by atoms with Crippen LogP contribution in [-0.2, 0) is 9.53 Å². The number of ether oxygens (including phenoxy) is 2. The lowest BCUT2D eigenvalue weighted by atomic mass is 10.2. The summed E-state index contributed by atoms with van der Waals surface area (Å²) < 4.78 is 45.7. The topological polar surface area (TPSA) is 91.9 Å². The van der Waals surface area contributed by atoms with Crippen LogP contribution in [0.15, 0.2) is 24.3 Å². The number of aliphatic carboxylic acids is 1. The summed E-state index contributed by atoms with van der Waals surface area (Å²) in [6.07, 6.45) is -4.82. The minimum atomic E-state index is -4.82. The number of hydrogen-bond acceptors (Lipinski definition) is 4. The normalized spacial score (nSPS) is 18.4. The SMILES string of the molecule is O=C(O)[C@@H]1COCCN1C(=O)c1cc2ccc(OC(F)(F)F)cc2[nH]1. The number of nitrogens with zero attached hydrogens (tertiary/aromatic N) is 1. The number of halogens is 3. The third kappa shape index (κ3) is 3.68. The van der Waals surface area contributed by atoms with Crippen LogP contribution in [0.4, 0.5) is 13.2 Å². The Morgan fingerprint density at radius 1 is 1.32 bits per heavy atom. The summed E-state index contributed by atoms with van der Waals surface area (Å²) in [4.78, 5) is 27.7. The highest BCUT2D eigenvalue weighted by Gasteiger charge is 2.34. The van der Waals surface area contributed by atoms with Crippen molar-refractivity contribution in [2.75, 3.05) is 19.8 Å². The number of aromatic amines is 1. The number of hydrogen-bond donors (Lipinski definition) is 2. The van der Waals surface area contributed by atoms with Crippen LogP contribution in [0.25, 0.3) is 10.9 Å². The minimum absolute atomic E-state index is 0.0762. The molecule has 10 heteroatoms. The summed E-state index contributed by atoms with van der Waals surface area (Å²) in [5.41, 5.74) is 0.345. The molecule has 0 saturated carbocycles. The third-order valence-corrected chi connectivity index (χ3v) is 3.73. The molecule has 1 aromatic heterocycles. The van der Waals surface area contributed by atoms with Crippen molar-refractivity contribution in [3.8, 4) is 5.75 Å². The lowest BCUT2D eigenvalue weighted by Gasteiger charge is -2.32. The average Bonchev–Trinajstić information content (AvgIpc) is 2.95. The summed E-state index contributed by atoms with van der Waals surface area (Å²) in [5, 5.41) is 9.68. The van der Waals surface area contributed by atoms with Gasteiger partial charge in [-0.15, -0.1) is 13.2 Å². The van der Waals surface area contributed by atoms with Crippen molar-refractivity contribution < 1.29 is 37.3 Å². The van der Waals surface area contributed by atoms with Gasteiger partial charge >= 0.3 is 12.3 Å². The zero-order chi connectivity index (χ0) is 18.2. The van der Waals surface area contributed by atoms with E-state index in [4.69, 9.17) is 4.74 Å². The standard InChI is InChI=1S/C15H13F3N2O5/c16-15(17,18)25-9-2-1-8-5-11(19-10(8)6-9)13(21)20-3-4-24-7-12(20)14(22)23/h1-2,5-6,12,19H,3-4,7H2,(H,22,23)/t12-/m0/s1. The fourth-order valence-electron chi connectivity index (χ4n) is 2.62. The Labute approximate surface area is 138 Å². The number of carbonyl (C=O) groups is 2. The minimum Gasteiger partial charge on any atom is -0.480 e. The van der Waals surface area contributed by atoms with Crippen molar-refractivity contribution in [2.45, 2.75) is 12.4 Å². The van der Waals surface area contributed by atoms with Gasteiger partial charge in [-0.05, 0) is 18.2 Å². The van der Waals surface area contributed by atoms with Gasteiger partial charge in [0.25, 0.3) is 5.91 Å². The van der Waals surface area contributed by atoms with Gasteiger partial charge in [0.15, 0.2) is 6.04 Å². The Hall–Kier alpha value is -2.75. The zero-order valence-electron chi connectivity index (χ0n) is 12.7. The van der Waals surface area contributed by atoms with Gasteiger partial charge in [-0.1, -0.05) is 0 Å². The number of rotatable bonds is 3. The molecule has 25 heavy (non-hydrogen) atoms. The number of morpholine rings is 1. The molecule has 1 atom stereocenters. The van der Waals surface area contributed by atoms with E-state index in [0.29, 0.717) is 5.39 Å². The van der Waals surface area contributed by atoms with Gasteiger partial charge in [0.1, 0.15) is 11.4 Å². The molecule has 1 aliphatic rings. The molecule has 1 aromatic carbocycles. The Balaban J connectivity index is 1.88. The Bertz CT molecular complexity index is 817. The highest BCUT2D eigenvalue weighted by Crippen LogP contribution is 2.27. The molecule has 0 aliphatic carbocycles. The smallest absolute Gasteiger partial charge is 0.480 e. The first kappa shape index (κ1) is 17.1. The number of H-pyrrole nitrogens is 1. The first-order valence-corrected chi connectivity index (χ1v) is 7.24. The molecule has 1 fully saturated rings. The number of aromatic nitrogens is 1. The molecule has 1 aliphatic heterocycles. The van der Waals surface area contributed by atoms with E-state index >= 15 is 0 Å². The van der Waals surface area contributed by atoms with Crippen molar-refractivity contribution in [2.24, 2.45) is 0 Å². The van der Waals surface area contributed by atoms with Gasteiger partial charge in [-0.3, -0.25) is 4.79 Å². The molecular formula is C15H13F3N2O5. The van der Waals surface area contributed by atoms with E-state index in [0.717, 1.165) is 17.0 Å². The highest BCUT2D eigenvalue weighted by molar-refractivity contribution is 6.00. The molecule has 1 saturated heterocycles. The van der Waals surface area contributed by atoms with Crippen LogP contribution in [0.1, 0.15) is 10.5 Å².